The molecule has 4 rings (SSSR count). The van der Waals surface area contributed by atoms with Crippen molar-refractivity contribution in [2.24, 2.45) is 0 Å². The average Bonchev–Trinajstić information content (AvgIpc) is 3.46. The van der Waals surface area contributed by atoms with Gasteiger partial charge < -0.3 is 77.2 Å². The SMILES string of the molecule is S=C([S-])N(c1ccoc1)c1ccoc1.S=C([S-])N(c1ccoc1)c1ccoc1.[Zn+2]. The molecule has 4 heterocycles. The maximum Gasteiger partial charge on any atom is 2.00 e. The first-order valence-electron chi connectivity index (χ1n) is 7.69. The summed E-state index contributed by atoms with van der Waals surface area (Å²) >= 11 is 19.9. The minimum absolute atomic E-state index is 0. The number of hydrogen-bond acceptors (Lipinski definition) is 8. The summed E-state index contributed by atoms with van der Waals surface area (Å²) in [7, 11) is 0. The van der Waals surface area contributed by atoms with Crippen LogP contribution in [0.15, 0.2) is 92.0 Å². The zero-order valence-electron chi connectivity index (χ0n) is 14.8. The average molecular weight is 514 g/mol. The molecule has 144 valence electrons. The van der Waals surface area contributed by atoms with Crippen LogP contribution in [-0.2, 0) is 44.7 Å². The molecule has 0 N–H and O–H groups in total. The van der Waals surface area contributed by atoms with Gasteiger partial charge in [-0.05, 0) is 0 Å². The summed E-state index contributed by atoms with van der Waals surface area (Å²) in [6.07, 6.45) is 12.6. The second-order valence-corrected chi connectivity index (χ2v) is 7.19. The van der Waals surface area contributed by atoms with Crippen molar-refractivity contribution in [2.45, 2.75) is 0 Å². The number of rotatable bonds is 4. The van der Waals surface area contributed by atoms with Crippen molar-refractivity contribution in [3.8, 4) is 0 Å². The van der Waals surface area contributed by atoms with E-state index in [9.17, 15) is 0 Å². The van der Waals surface area contributed by atoms with Gasteiger partial charge in [0.15, 0.2) is 0 Å². The van der Waals surface area contributed by atoms with Crippen molar-refractivity contribution in [3.63, 3.8) is 0 Å². The van der Waals surface area contributed by atoms with Crippen LogP contribution in [0.4, 0.5) is 22.7 Å². The van der Waals surface area contributed by atoms with Crippen molar-refractivity contribution in [1.82, 2.24) is 0 Å². The molecule has 0 aliphatic heterocycles. The van der Waals surface area contributed by atoms with Crippen LogP contribution >= 0.6 is 24.4 Å². The summed E-state index contributed by atoms with van der Waals surface area (Å²) in [5, 5.41) is 0. The third-order valence-corrected chi connectivity index (χ3v) is 4.15. The van der Waals surface area contributed by atoms with Gasteiger partial charge in [-0.25, -0.2) is 0 Å². The molecule has 0 spiro atoms. The molecule has 0 saturated heterocycles. The van der Waals surface area contributed by atoms with Crippen molar-refractivity contribution in [2.75, 3.05) is 9.80 Å². The van der Waals surface area contributed by atoms with Crippen LogP contribution in [0.1, 0.15) is 0 Å². The minimum atomic E-state index is 0. The summed E-state index contributed by atoms with van der Waals surface area (Å²) in [4.78, 5) is 3.38. The summed E-state index contributed by atoms with van der Waals surface area (Å²) in [6.45, 7) is 0. The Morgan fingerprint density at radius 1 is 0.586 bits per heavy atom. The predicted molar refractivity (Wildman–Crippen MR) is 119 cm³/mol. The summed E-state index contributed by atoms with van der Waals surface area (Å²) in [5.74, 6) is 0. The summed E-state index contributed by atoms with van der Waals surface area (Å²) in [6, 6.07) is 7.13. The van der Waals surface area contributed by atoms with E-state index in [1.54, 1.807) is 84.2 Å². The molecule has 0 aromatic carbocycles. The second kappa shape index (κ2) is 11.2. The number of nitrogens with zero attached hydrogens (tertiary/aromatic N) is 2. The first kappa shape index (κ1) is 23.2. The number of hydrogen-bond donors (Lipinski definition) is 0. The van der Waals surface area contributed by atoms with Crippen LogP contribution in [0, 0.1) is 0 Å². The Kier molecular flexibility index (Phi) is 9.00. The molecule has 0 unspecified atom stereocenters. The van der Waals surface area contributed by atoms with Crippen molar-refractivity contribution in [3.05, 3.63) is 74.4 Å². The van der Waals surface area contributed by atoms with E-state index in [1.807, 2.05) is 0 Å². The van der Waals surface area contributed by atoms with Gasteiger partial charge in [-0.15, -0.1) is 0 Å². The predicted octanol–water partition coefficient (Wildman–Crippen LogP) is 5.68. The second-order valence-electron chi connectivity index (χ2n) is 5.13. The van der Waals surface area contributed by atoms with Crippen LogP contribution in [0.5, 0.6) is 0 Å². The molecular formula is C18H12N2O4S4Zn. The standard InChI is InChI=1S/2C9H7NO2S2.Zn/c2*13-9(14)10(7-1-3-11-5-7)8-2-4-12-6-8;/h2*1-6H,(H,13,14);/q;;+2/p-2. The van der Waals surface area contributed by atoms with Gasteiger partial charge in [0.05, 0.1) is 47.8 Å². The van der Waals surface area contributed by atoms with E-state index in [0.29, 0.717) is 8.64 Å². The molecule has 0 atom stereocenters. The molecule has 4 aromatic rings. The first-order chi connectivity index (χ1) is 13.6. The fraction of sp³-hybridized carbons (Fsp3) is 0. The Bertz CT molecular complexity index is 836. The Hall–Kier alpha value is -2.04. The van der Waals surface area contributed by atoms with E-state index in [1.165, 1.54) is 0 Å². The molecular weight excluding hydrogens is 502 g/mol. The van der Waals surface area contributed by atoms with E-state index in [4.69, 9.17) is 67.4 Å². The first-order valence-corrected chi connectivity index (χ1v) is 9.32. The fourth-order valence-electron chi connectivity index (χ4n) is 2.26. The Labute approximate surface area is 201 Å². The topological polar surface area (TPSA) is 59.0 Å². The molecule has 0 radical (unpaired) electrons. The maximum atomic E-state index is 4.97. The van der Waals surface area contributed by atoms with Gasteiger partial charge in [-0.3, -0.25) is 0 Å². The van der Waals surface area contributed by atoms with Gasteiger partial charge in [0.25, 0.3) is 0 Å². The van der Waals surface area contributed by atoms with Crippen LogP contribution in [0.2, 0.25) is 0 Å². The summed E-state index contributed by atoms with van der Waals surface area (Å²) < 4.78 is 20.5. The molecule has 0 bridgehead atoms. The molecule has 11 heteroatoms. The summed E-state index contributed by atoms with van der Waals surface area (Å²) in [5.41, 5.74) is 3.19. The Morgan fingerprint density at radius 3 is 0.966 bits per heavy atom. The number of thiocarbonyl (C=S) groups is 2. The molecule has 0 aliphatic carbocycles. The van der Waals surface area contributed by atoms with E-state index in [-0.39, 0.29) is 19.5 Å². The van der Waals surface area contributed by atoms with E-state index >= 15 is 0 Å². The van der Waals surface area contributed by atoms with Crippen LogP contribution < -0.4 is 9.80 Å². The molecule has 4 aromatic heterocycles. The van der Waals surface area contributed by atoms with Gasteiger partial charge in [0.2, 0.25) is 0 Å². The maximum absolute atomic E-state index is 4.97. The quantitative estimate of drug-likeness (QED) is 0.193. The van der Waals surface area contributed by atoms with E-state index in [2.05, 4.69) is 0 Å². The van der Waals surface area contributed by atoms with Gasteiger partial charge in [-0.1, -0.05) is 8.64 Å². The van der Waals surface area contributed by atoms with Gasteiger partial charge in [-0.2, -0.15) is 0 Å². The van der Waals surface area contributed by atoms with Crippen molar-refractivity contribution in [1.29, 1.82) is 0 Å². The van der Waals surface area contributed by atoms with Crippen molar-refractivity contribution < 1.29 is 37.1 Å². The normalized spacial score (nSPS) is 9.66. The Balaban J connectivity index is 0.000000200. The molecule has 0 aliphatic rings. The van der Waals surface area contributed by atoms with Gasteiger partial charge in [0.1, 0.15) is 25.1 Å². The van der Waals surface area contributed by atoms with E-state index < -0.39 is 0 Å². The van der Waals surface area contributed by atoms with Crippen LogP contribution in [-0.4, -0.2) is 8.64 Å². The minimum Gasteiger partial charge on any atom is -0.470 e. The van der Waals surface area contributed by atoms with Gasteiger partial charge >= 0.3 is 19.5 Å². The third-order valence-electron chi connectivity index (χ3n) is 3.42. The zero-order valence-corrected chi connectivity index (χ0v) is 21.0. The zero-order chi connectivity index (χ0) is 19.9. The smallest absolute Gasteiger partial charge is 0.470 e. The Morgan fingerprint density at radius 2 is 0.828 bits per heavy atom. The third kappa shape index (κ3) is 5.97. The fourth-order valence-corrected chi connectivity index (χ4v) is 3.10. The van der Waals surface area contributed by atoms with Crippen molar-refractivity contribution >= 4 is 81.1 Å². The van der Waals surface area contributed by atoms with Crippen LogP contribution in [0.3, 0.4) is 0 Å². The molecule has 6 nitrogen and oxygen atoms in total. The number of furan rings is 4. The number of anilines is 4. The molecule has 29 heavy (non-hydrogen) atoms. The van der Waals surface area contributed by atoms with Crippen LogP contribution in [0.25, 0.3) is 0 Å². The van der Waals surface area contributed by atoms with E-state index in [0.717, 1.165) is 22.7 Å². The molecule has 0 amide bonds. The molecule has 0 saturated carbocycles. The monoisotopic (exact) mass is 512 g/mol. The largest absolute Gasteiger partial charge is 2.00 e. The van der Waals surface area contributed by atoms with Gasteiger partial charge in [0, 0.05) is 24.3 Å². The molecule has 0 fully saturated rings.